The van der Waals surface area contributed by atoms with Crippen molar-refractivity contribution in [3.63, 3.8) is 0 Å². The second-order valence-electron chi connectivity index (χ2n) is 6.71. The zero-order valence-electron chi connectivity index (χ0n) is 12.5. The molecule has 2 atom stereocenters. The van der Waals surface area contributed by atoms with Crippen LogP contribution in [0.15, 0.2) is 0 Å². The van der Waals surface area contributed by atoms with Gasteiger partial charge in [0.2, 0.25) is 0 Å². The summed E-state index contributed by atoms with van der Waals surface area (Å²) >= 11 is 0. The van der Waals surface area contributed by atoms with Crippen molar-refractivity contribution in [2.75, 3.05) is 0 Å². The van der Waals surface area contributed by atoms with Crippen molar-refractivity contribution in [3.05, 3.63) is 0 Å². The SMILES string of the molecule is CCC1CCC(N)(C(=O)OC2CCCCC2C)CC1. The first-order valence-electron chi connectivity index (χ1n) is 8.05. The molecule has 2 aliphatic carbocycles. The molecule has 0 aliphatic heterocycles. The number of nitrogens with two attached hydrogens (primary N) is 1. The molecule has 0 aromatic heterocycles. The van der Waals surface area contributed by atoms with E-state index in [2.05, 4.69) is 13.8 Å². The summed E-state index contributed by atoms with van der Waals surface area (Å²) in [5.74, 6) is 1.10. The summed E-state index contributed by atoms with van der Waals surface area (Å²) in [5, 5.41) is 0. The molecule has 19 heavy (non-hydrogen) atoms. The van der Waals surface area contributed by atoms with E-state index >= 15 is 0 Å². The standard InChI is InChI=1S/C16H29NO2/c1-3-13-8-10-16(17,11-9-13)15(18)19-14-7-5-4-6-12(14)2/h12-14H,3-11,17H2,1-2H3. The van der Waals surface area contributed by atoms with Crippen molar-refractivity contribution in [2.45, 2.75) is 83.3 Å². The second-order valence-corrected chi connectivity index (χ2v) is 6.71. The van der Waals surface area contributed by atoms with Crippen molar-refractivity contribution in [1.82, 2.24) is 0 Å². The average Bonchev–Trinajstić information content (AvgIpc) is 2.42. The Morgan fingerprint density at radius 2 is 1.84 bits per heavy atom. The van der Waals surface area contributed by atoms with E-state index in [0.29, 0.717) is 5.92 Å². The Labute approximate surface area is 117 Å². The van der Waals surface area contributed by atoms with Gasteiger partial charge in [0.05, 0.1) is 0 Å². The molecule has 2 saturated carbocycles. The minimum Gasteiger partial charge on any atom is -0.461 e. The van der Waals surface area contributed by atoms with Gasteiger partial charge in [0.1, 0.15) is 11.6 Å². The highest BCUT2D eigenvalue weighted by atomic mass is 16.5. The summed E-state index contributed by atoms with van der Waals surface area (Å²) < 4.78 is 5.75. The molecule has 3 nitrogen and oxygen atoms in total. The summed E-state index contributed by atoms with van der Waals surface area (Å²) in [4.78, 5) is 12.4. The third kappa shape index (κ3) is 3.50. The second kappa shape index (κ2) is 6.25. The molecular weight excluding hydrogens is 238 g/mol. The van der Waals surface area contributed by atoms with Gasteiger partial charge in [0.25, 0.3) is 0 Å². The average molecular weight is 267 g/mol. The number of carbonyl (C=O) groups is 1. The Kier molecular flexibility index (Phi) is 4.88. The van der Waals surface area contributed by atoms with Crippen LogP contribution in [0.5, 0.6) is 0 Å². The molecule has 2 N–H and O–H groups in total. The van der Waals surface area contributed by atoms with Crippen LogP contribution in [0.1, 0.15) is 71.6 Å². The minimum absolute atomic E-state index is 0.102. The fourth-order valence-electron chi connectivity index (χ4n) is 3.52. The molecule has 0 aromatic rings. The third-order valence-corrected chi connectivity index (χ3v) is 5.27. The van der Waals surface area contributed by atoms with Gasteiger partial charge in [-0.3, -0.25) is 4.79 Å². The molecule has 0 spiro atoms. The lowest BCUT2D eigenvalue weighted by Crippen LogP contribution is -2.52. The maximum Gasteiger partial charge on any atom is 0.326 e. The van der Waals surface area contributed by atoms with Crippen LogP contribution in [0.3, 0.4) is 0 Å². The number of carbonyl (C=O) groups excluding carboxylic acids is 1. The van der Waals surface area contributed by atoms with Crippen LogP contribution >= 0.6 is 0 Å². The normalized spacial score (nSPS) is 39.8. The van der Waals surface area contributed by atoms with Crippen LogP contribution in [-0.2, 0) is 9.53 Å². The van der Waals surface area contributed by atoms with Crippen molar-refractivity contribution in [3.8, 4) is 0 Å². The minimum atomic E-state index is -0.706. The van der Waals surface area contributed by atoms with Gasteiger partial charge in [0.15, 0.2) is 0 Å². The Morgan fingerprint density at radius 1 is 1.21 bits per heavy atom. The Bertz CT molecular complexity index is 308. The number of ether oxygens (including phenoxy) is 1. The van der Waals surface area contributed by atoms with Gasteiger partial charge in [0, 0.05) is 0 Å². The van der Waals surface area contributed by atoms with E-state index in [4.69, 9.17) is 10.5 Å². The molecule has 2 rings (SSSR count). The predicted octanol–water partition coefficient (Wildman–Crippen LogP) is 3.41. The fraction of sp³-hybridized carbons (Fsp3) is 0.938. The lowest BCUT2D eigenvalue weighted by atomic mass is 9.76. The van der Waals surface area contributed by atoms with E-state index in [1.54, 1.807) is 0 Å². The van der Waals surface area contributed by atoms with Gasteiger partial charge in [-0.15, -0.1) is 0 Å². The van der Waals surface area contributed by atoms with Crippen molar-refractivity contribution in [2.24, 2.45) is 17.6 Å². The number of hydrogen-bond donors (Lipinski definition) is 1. The smallest absolute Gasteiger partial charge is 0.326 e. The van der Waals surface area contributed by atoms with Crippen LogP contribution in [0.4, 0.5) is 0 Å². The van der Waals surface area contributed by atoms with E-state index in [-0.39, 0.29) is 12.1 Å². The zero-order chi connectivity index (χ0) is 13.9. The van der Waals surface area contributed by atoms with Crippen molar-refractivity contribution >= 4 is 5.97 Å². The molecule has 3 heteroatoms. The largest absolute Gasteiger partial charge is 0.461 e. The highest BCUT2D eigenvalue weighted by Gasteiger charge is 2.41. The first-order chi connectivity index (χ1) is 9.05. The van der Waals surface area contributed by atoms with Crippen LogP contribution in [0.25, 0.3) is 0 Å². The van der Waals surface area contributed by atoms with E-state index in [1.807, 2.05) is 0 Å². The highest BCUT2D eigenvalue weighted by Crippen LogP contribution is 2.34. The maximum atomic E-state index is 12.4. The van der Waals surface area contributed by atoms with Crippen LogP contribution in [0, 0.1) is 11.8 Å². The molecule has 0 radical (unpaired) electrons. The van der Waals surface area contributed by atoms with E-state index in [9.17, 15) is 4.79 Å². The molecule has 0 aromatic carbocycles. The molecule has 0 heterocycles. The van der Waals surface area contributed by atoms with Gasteiger partial charge in [-0.1, -0.05) is 26.7 Å². The summed E-state index contributed by atoms with van der Waals surface area (Å²) in [6, 6.07) is 0. The van der Waals surface area contributed by atoms with Crippen LogP contribution < -0.4 is 5.73 Å². The quantitative estimate of drug-likeness (QED) is 0.797. The molecule has 2 fully saturated rings. The van der Waals surface area contributed by atoms with Crippen molar-refractivity contribution < 1.29 is 9.53 Å². The molecule has 2 aliphatic rings. The Hall–Kier alpha value is -0.570. The van der Waals surface area contributed by atoms with E-state index in [0.717, 1.165) is 38.0 Å². The zero-order valence-corrected chi connectivity index (χ0v) is 12.5. The highest BCUT2D eigenvalue weighted by molar-refractivity contribution is 5.80. The monoisotopic (exact) mass is 267 g/mol. The first-order valence-corrected chi connectivity index (χ1v) is 8.05. The Balaban J connectivity index is 1.88. The van der Waals surface area contributed by atoms with Crippen LogP contribution in [0.2, 0.25) is 0 Å². The van der Waals surface area contributed by atoms with E-state index < -0.39 is 5.54 Å². The lowest BCUT2D eigenvalue weighted by Gasteiger charge is -2.37. The van der Waals surface area contributed by atoms with Gasteiger partial charge in [-0.05, 0) is 56.8 Å². The number of esters is 1. The maximum absolute atomic E-state index is 12.4. The molecule has 0 amide bonds. The van der Waals surface area contributed by atoms with Gasteiger partial charge >= 0.3 is 5.97 Å². The lowest BCUT2D eigenvalue weighted by molar-refractivity contribution is -0.161. The van der Waals surface area contributed by atoms with Crippen LogP contribution in [-0.4, -0.2) is 17.6 Å². The number of rotatable bonds is 3. The Morgan fingerprint density at radius 3 is 2.42 bits per heavy atom. The summed E-state index contributed by atoms with van der Waals surface area (Å²) in [7, 11) is 0. The summed E-state index contributed by atoms with van der Waals surface area (Å²) in [6.07, 6.45) is 9.67. The van der Waals surface area contributed by atoms with Gasteiger partial charge < -0.3 is 10.5 Å². The van der Waals surface area contributed by atoms with Gasteiger partial charge in [-0.25, -0.2) is 0 Å². The molecule has 0 saturated heterocycles. The number of hydrogen-bond acceptors (Lipinski definition) is 3. The third-order valence-electron chi connectivity index (χ3n) is 5.27. The summed E-state index contributed by atoms with van der Waals surface area (Å²) in [5.41, 5.74) is 5.60. The molecule has 2 unspecified atom stereocenters. The molecular formula is C16H29NO2. The van der Waals surface area contributed by atoms with Gasteiger partial charge in [-0.2, -0.15) is 0 Å². The fourth-order valence-corrected chi connectivity index (χ4v) is 3.52. The first kappa shape index (κ1) is 14.8. The predicted molar refractivity (Wildman–Crippen MR) is 76.7 cm³/mol. The summed E-state index contributed by atoms with van der Waals surface area (Å²) in [6.45, 7) is 4.41. The topological polar surface area (TPSA) is 52.3 Å². The van der Waals surface area contributed by atoms with Crippen molar-refractivity contribution in [1.29, 1.82) is 0 Å². The van der Waals surface area contributed by atoms with E-state index in [1.165, 1.54) is 25.7 Å². The molecule has 110 valence electrons. The molecule has 0 bridgehead atoms.